The molecule has 0 saturated heterocycles. The summed E-state index contributed by atoms with van der Waals surface area (Å²) in [5, 5.41) is 3.94. The minimum absolute atomic E-state index is 0.782. The van der Waals surface area contributed by atoms with Crippen molar-refractivity contribution in [3.8, 4) is 11.5 Å². The Labute approximate surface area is 89.1 Å². The Bertz CT molecular complexity index is 500. The summed E-state index contributed by atoms with van der Waals surface area (Å²) in [7, 11) is 0. The summed E-state index contributed by atoms with van der Waals surface area (Å²) in [5.41, 5.74) is 5.15. The summed E-state index contributed by atoms with van der Waals surface area (Å²) in [5.74, 6) is 0.782. The fraction of sp³-hybridized carbons (Fsp3) is 0.333. The summed E-state index contributed by atoms with van der Waals surface area (Å²) < 4.78 is 5.29. The monoisotopic (exact) mass is 202 g/mol. The third kappa shape index (κ3) is 1.65. The fourth-order valence-corrected chi connectivity index (χ4v) is 1.59. The Hall–Kier alpha value is -1.64. The number of hydrogen-bond acceptors (Lipinski definition) is 3. The summed E-state index contributed by atoms with van der Waals surface area (Å²) in [4.78, 5) is 4.39. The van der Waals surface area contributed by atoms with Gasteiger partial charge >= 0.3 is 0 Å². The SMILES string of the molecule is Cc1cnc(-c2onc(C)c2C)c(C)c1. The Morgan fingerprint density at radius 1 is 1.13 bits per heavy atom. The highest BCUT2D eigenvalue weighted by Gasteiger charge is 2.14. The number of pyridine rings is 1. The van der Waals surface area contributed by atoms with E-state index in [9.17, 15) is 0 Å². The maximum atomic E-state index is 5.29. The zero-order valence-corrected chi connectivity index (χ0v) is 9.46. The lowest BCUT2D eigenvalue weighted by Gasteiger charge is -2.02. The summed E-state index contributed by atoms with van der Waals surface area (Å²) in [6.07, 6.45) is 1.85. The molecule has 0 bridgehead atoms. The molecule has 3 nitrogen and oxygen atoms in total. The quantitative estimate of drug-likeness (QED) is 0.713. The molecule has 0 amide bonds. The van der Waals surface area contributed by atoms with E-state index in [4.69, 9.17) is 4.52 Å². The molecule has 2 rings (SSSR count). The van der Waals surface area contributed by atoms with Crippen molar-refractivity contribution in [1.29, 1.82) is 0 Å². The van der Waals surface area contributed by atoms with E-state index < -0.39 is 0 Å². The molecule has 0 aliphatic heterocycles. The summed E-state index contributed by atoms with van der Waals surface area (Å²) in [6.45, 7) is 8.00. The van der Waals surface area contributed by atoms with E-state index in [2.05, 4.69) is 16.2 Å². The van der Waals surface area contributed by atoms with Crippen LogP contribution < -0.4 is 0 Å². The topological polar surface area (TPSA) is 38.9 Å². The highest BCUT2D eigenvalue weighted by molar-refractivity contribution is 5.61. The van der Waals surface area contributed by atoms with E-state index in [1.165, 1.54) is 0 Å². The van der Waals surface area contributed by atoms with Gasteiger partial charge in [0, 0.05) is 11.8 Å². The number of rotatable bonds is 1. The van der Waals surface area contributed by atoms with Gasteiger partial charge in [-0.25, -0.2) is 0 Å². The molecule has 0 atom stereocenters. The molecule has 78 valence electrons. The minimum Gasteiger partial charge on any atom is -0.354 e. The lowest BCUT2D eigenvalue weighted by atomic mass is 10.1. The number of aryl methyl sites for hydroxylation is 3. The first-order chi connectivity index (χ1) is 7.09. The van der Waals surface area contributed by atoms with Gasteiger partial charge in [0.1, 0.15) is 5.69 Å². The average Bonchev–Trinajstić information content (AvgIpc) is 2.49. The van der Waals surface area contributed by atoms with Crippen LogP contribution >= 0.6 is 0 Å². The van der Waals surface area contributed by atoms with Crippen molar-refractivity contribution in [1.82, 2.24) is 10.1 Å². The second-order valence-electron chi connectivity index (χ2n) is 3.90. The number of aromatic nitrogens is 2. The molecule has 0 spiro atoms. The Balaban J connectivity index is 2.59. The Kier molecular flexibility index (Phi) is 2.31. The predicted octanol–water partition coefficient (Wildman–Crippen LogP) is 2.97. The van der Waals surface area contributed by atoms with Crippen molar-refractivity contribution < 1.29 is 4.52 Å². The van der Waals surface area contributed by atoms with Gasteiger partial charge in [-0.15, -0.1) is 0 Å². The molecule has 2 heterocycles. The highest BCUT2D eigenvalue weighted by Crippen LogP contribution is 2.26. The van der Waals surface area contributed by atoms with Gasteiger partial charge in [0.25, 0.3) is 0 Å². The van der Waals surface area contributed by atoms with Crippen LogP contribution in [0.2, 0.25) is 0 Å². The zero-order chi connectivity index (χ0) is 11.0. The molecule has 3 heteroatoms. The Morgan fingerprint density at radius 2 is 1.87 bits per heavy atom. The van der Waals surface area contributed by atoms with Gasteiger partial charge in [-0.2, -0.15) is 0 Å². The molecular formula is C12H14N2O. The zero-order valence-electron chi connectivity index (χ0n) is 9.46. The second-order valence-corrected chi connectivity index (χ2v) is 3.90. The molecule has 2 aromatic rings. The van der Waals surface area contributed by atoms with E-state index in [1.807, 2.05) is 33.9 Å². The van der Waals surface area contributed by atoms with Crippen molar-refractivity contribution in [3.63, 3.8) is 0 Å². The van der Waals surface area contributed by atoms with Gasteiger partial charge < -0.3 is 4.52 Å². The normalized spacial score (nSPS) is 10.7. The number of hydrogen-bond donors (Lipinski definition) is 0. The van der Waals surface area contributed by atoms with Crippen molar-refractivity contribution in [2.24, 2.45) is 0 Å². The fourth-order valence-electron chi connectivity index (χ4n) is 1.59. The molecule has 0 aromatic carbocycles. The van der Waals surface area contributed by atoms with Crippen LogP contribution in [-0.2, 0) is 0 Å². The van der Waals surface area contributed by atoms with Crippen LogP contribution in [0.3, 0.4) is 0 Å². The molecular weight excluding hydrogens is 188 g/mol. The van der Waals surface area contributed by atoms with Gasteiger partial charge in [-0.05, 0) is 38.8 Å². The van der Waals surface area contributed by atoms with E-state index >= 15 is 0 Å². The Morgan fingerprint density at radius 3 is 2.40 bits per heavy atom. The molecule has 0 aliphatic rings. The van der Waals surface area contributed by atoms with Gasteiger partial charge in [-0.1, -0.05) is 11.2 Å². The first-order valence-corrected chi connectivity index (χ1v) is 4.96. The van der Waals surface area contributed by atoms with Crippen molar-refractivity contribution in [3.05, 3.63) is 34.6 Å². The van der Waals surface area contributed by atoms with E-state index in [-0.39, 0.29) is 0 Å². The van der Waals surface area contributed by atoms with Crippen LogP contribution in [0.15, 0.2) is 16.8 Å². The summed E-state index contributed by atoms with van der Waals surface area (Å²) in [6, 6.07) is 2.10. The maximum absolute atomic E-state index is 5.29. The van der Waals surface area contributed by atoms with Crippen LogP contribution in [0, 0.1) is 27.7 Å². The molecule has 0 fully saturated rings. The van der Waals surface area contributed by atoms with E-state index in [1.54, 1.807) is 0 Å². The van der Waals surface area contributed by atoms with E-state index in [0.717, 1.165) is 33.8 Å². The van der Waals surface area contributed by atoms with Crippen molar-refractivity contribution in [2.45, 2.75) is 27.7 Å². The third-order valence-electron chi connectivity index (χ3n) is 2.59. The first-order valence-electron chi connectivity index (χ1n) is 4.96. The van der Waals surface area contributed by atoms with Crippen molar-refractivity contribution in [2.75, 3.05) is 0 Å². The third-order valence-corrected chi connectivity index (χ3v) is 2.59. The van der Waals surface area contributed by atoms with Gasteiger partial charge in [0.2, 0.25) is 0 Å². The van der Waals surface area contributed by atoms with E-state index in [0.29, 0.717) is 0 Å². The van der Waals surface area contributed by atoms with Crippen LogP contribution in [0.1, 0.15) is 22.4 Å². The lowest BCUT2D eigenvalue weighted by molar-refractivity contribution is 0.425. The van der Waals surface area contributed by atoms with Crippen LogP contribution in [-0.4, -0.2) is 10.1 Å². The first kappa shape index (κ1) is 9.90. The molecule has 2 aromatic heterocycles. The van der Waals surface area contributed by atoms with Crippen LogP contribution in [0.5, 0.6) is 0 Å². The smallest absolute Gasteiger partial charge is 0.188 e. The predicted molar refractivity (Wildman–Crippen MR) is 58.7 cm³/mol. The molecule has 0 unspecified atom stereocenters. The molecule has 0 N–H and O–H groups in total. The lowest BCUT2D eigenvalue weighted by Crippen LogP contribution is -1.89. The number of nitrogens with zero attached hydrogens (tertiary/aromatic N) is 2. The molecule has 0 radical (unpaired) electrons. The van der Waals surface area contributed by atoms with Crippen LogP contribution in [0.25, 0.3) is 11.5 Å². The maximum Gasteiger partial charge on any atom is 0.188 e. The second kappa shape index (κ2) is 3.50. The highest BCUT2D eigenvalue weighted by atomic mass is 16.5. The van der Waals surface area contributed by atoms with Gasteiger partial charge in [-0.3, -0.25) is 4.98 Å². The molecule has 0 saturated carbocycles. The van der Waals surface area contributed by atoms with Crippen LogP contribution in [0.4, 0.5) is 0 Å². The minimum atomic E-state index is 0.782. The average molecular weight is 202 g/mol. The standard InChI is InChI=1S/C12H14N2O/c1-7-5-8(2)11(13-6-7)12-9(3)10(4)14-15-12/h5-6H,1-4H3. The van der Waals surface area contributed by atoms with Crippen molar-refractivity contribution >= 4 is 0 Å². The summed E-state index contributed by atoms with van der Waals surface area (Å²) >= 11 is 0. The molecule has 15 heavy (non-hydrogen) atoms. The largest absolute Gasteiger partial charge is 0.354 e. The molecule has 0 aliphatic carbocycles. The van der Waals surface area contributed by atoms with Gasteiger partial charge in [0.05, 0.1) is 5.69 Å². The van der Waals surface area contributed by atoms with Gasteiger partial charge in [0.15, 0.2) is 5.76 Å².